The topological polar surface area (TPSA) is 223 Å². The summed E-state index contributed by atoms with van der Waals surface area (Å²) in [6.07, 6.45) is 2.21. The Hall–Kier alpha value is -7.48. The normalized spacial score (nSPS) is 11.8. The predicted molar refractivity (Wildman–Crippen MR) is 249 cm³/mol. The number of hydrogen-bond donors (Lipinski definition) is 8. The molecule has 14 nitrogen and oxygen atoms in total. The molecule has 64 heavy (non-hydrogen) atoms. The molecule has 0 aliphatic rings. The van der Waals surface area contributed by atoms with Gasteiger partial charge in [-0.1, -0.05) is 52.0 Å². The van der Waals surface area contributed by atoms with Crippen molar-refractivity contribution in [3.05, 3.63) is 104 Å². The number of ether oxygens (including phenoxy) is 2. The lowest BCUT2D eigenvalue weighted by atomic mass is 9.83. The highest BCUT2D eigenvalue weighted by Gasteiger charge is 2.30. The molecular formula is C50H54N4O10. The third-order valence-electron chi connectivity index (χ3n) is 10.9. The minimum absolute atomic E-state index is 0.0620. The van der Waals surface area contributed by atoms with E-state index in [1.165, 1.54) is 0 Å². The Morgan fingerprint density at radius 3 is 1.16 bits per heavy atom. The van der Waals surface area contributed by atoms with Crippen molar-refractivity contribution in [1.29, 1.82) is 0 Å². The van der Waals surface area contributed by atoms with Crippen molar-refractivity contribution in [3.63, 3.8) is 0 Å². The summed E-state index contributed by atoms with van der Waals surface area (Å²) in [5, 5.41) is 79.3. The van der Waals surface area contributed by atoms with E-state index in [0.29, 0.717) is 44.5 Å². The van der Waals surface area contributed by atoms with Gasteiger partial charge < -0.3 is 40.1 Å². The molecule has 0 heterocycles. The van der Waals surface area contributed by atoms with Gasteiger partial charge in [0.25, 0.3) is 11.8 Å². The van der Waals surface area contributed by atoms with E-state index in [9.17, 15) is 40.2 Å². The Labute approximate surface area is 371 Å². The Kier molecular flexibility index (Phi) is 13.3. The number of benzene rings is 6. The second-order valence-electron chi connectivity index (χ2n) is 16.8. The number of nitrogens with one attached hydrogen (secondary N) is 2. The number of aromatic hydroxyl groups is 6. The Morgan fingerprint density at radius 1 is 0.516 bits per heavy atom. The molecule has 334 valence electrons. The lowest BCUT2D eigenvalue weighted by Crippen LogP contribution is -2.24. The van der Waals surface area contributed by atoms with Crippen LogP contribution < -0.4 is 20.3 Å². The number of hydrogen-bond acceptors (Lipinski definition) is 12. The molecule has 0 unspecified atom stereocenters. The smallest absolute Gasteiger partial charge is 0.277 e. The van der Waals surface area contributed by atoms with Gasteiger partial charge in [-0.15, -0.1) is 0 Å². The van der Waals surface area contributed by atoms with Gasteiger partial charge in [0.15, 0.2) is 36.2 Å². The number of fused-ring (bicyclic) bond motifs is 2. The molecule has 0 atom stereocenters. The fourth-order valence-electron chi connectivity index (χ4n) is 8.36. The van der Waals surface area contributed by atoms with E-state index in [1.54, 1.807) is 50.2 Å². The van der Waals surface area contributed by atoms with E-state index in [4.69, 9.17) is 9.47 Å². The third kappa shape index (κ3) is 9.17. The highest BCUT2D eigenvalue weighted by molar-refractivity contribution is 6.15. The Balaban J connectivity index is 1.46. The zero-order chi connectivity index (χ0) is 46.9. The van der Waals surface area contributed by atoms with Crippen molar-refractivity contribution in [2.75, 3.05) is 13.2 Å². The number of carbonyl (C=O) groups is 2. The molecule has 0 aliphatic heterocycles. The maximum absolute atomic E-state index is 12.8. The summed E-state index contributed by atoms with van der Waals surface area (Å²) in [7, 11) is 0. The minimum Gasteiger partial charge on any atom is -0.507 e. The molecule has 0 radical (unpaired) electrons. The van der Waals surface area contributed by atoms with Crippen LogP contribution in [0.15, 0.2) is 58.7 Å². The first-order valence-corrected chi connectivity index (χ1v) is 20.7. The first-order valence-electron chi connectivity index (χ1n) is 20.7. The van der Waals surface area contributed by atoms with Crippen LogP contribution in [0.3, 0.4) is 0 Å². The number of carbonyl (C=O) groups excluding carboxylic acids is 2. The van der Waals surface area contributed by atoms with Crippen LogP contribution in [0.2, 0.25) is 0 Å². The number of rotatable bonds is 13. The second kappa shape index (κ2) is 18.5. The van der Waals surface area contributed by atoms with Gasteiger partial charge in [0, 0.05) is 33.0 Å². The molecule has 6 aromatic rings. The van der Waals surface area contributed by atoms with Crippen LogP contribution in [-0.2, 0) is 9.59 Å². The molecule has 0 aromatic heterocycles. The van der Waals surface area contributed by atoms with Crippen molar-refractivity contribution >= 4 is 45.8 Å². The molecule has 2 amide bonds. The van der Waals surface area contributed by atoms with Gasteiger partial charge in [-0.05, 0) is 122 Å². The Bertz CT molecular complexity index is 2680. The van der Waals surface area contributed by atoms with Crippen LogP contribution in [0.4, 0.5) is 0 Å². The van der Waals surface area contributed by atoms with Crippen LogP contribution in [0, 0.1) is 41.5 Å². The predicted octanol–water partition coefficient (Wildman–Crippen LogP) is 9.05. The van der Waals surface area contributed by atoms with Gasteiger partial charge >= 0.3 is 0 Å². The summed E-state index contributed by atoms with van der Waals surface area (Å²) < 4.78 is 11.3. The number of nitrogens with zero attached hydrogens (tertiary/aromatic N) is 2. The van der Waals surface area contributed by atoms with Crippen LogP contribution in [0.1, 0.15) is 95.2 Å². The summed E-state index contributed by atoms with van der Waals surface area (Å²) >= 11 is 0. The van der Waals surface area contributed by atoms with Gasteiger partial charge in [0.05, 0.1) is 23.6 Å². The van der Waals surface area contributed by atoms with E-state index in [1.807, 2.05) is 67.5 Å². The fraction of sp³-hybridized carbons (Fsp3) is 0.280. The summed E-state index contributed by atoms with van der Waals surface area (Å²) in [6, 6.07) is 14.5. The van der Waals surface area contributed by atoms with Gasteiger partial charge in [-0.25, -0.2) is 10.9 Å². The summed E-state index contributed by atoms with van der Waals surface area (Å²) in [6.45, 7) is 17.6. The molecule has 8 N–H and O–H groups in total. The molecule has 0 saturated carbocycles. The van der Waals surface area contributed by atoms with E-state index in [2.05, 4.69) is 21.1 Å². The SMILES string of the molecule is Cc1cc(C)cc(OCC(=O)NN=Cc2c(O)c(O)c(C(C)C)c3cc(C)c(-c4c(C)cc5c(C(C)C)c(O)c(O)c(C=NNC(=O)COc6cc(C)cc(C)c6)c5c4O)c(O)c23)c1. The van der Waals surface area contributed by atoms with E-state index >= 15 is 0 Å². The van der Waals surface area contributed by atoms with Crippen molar-refractivity contribution in [2.45, 2.75) is 81.1 Å². The molecule has 0 saturated heterocycles. The average molecular weight is 871 g/mol. The van der Waals surface area contributed by atoms with Crippen molar-refractivity contribution in [3.8, 4) is 57.1 Å². The number of phenolic OH excluding ortho intramolecular Hbond substituents is 6. The van der Waals surface area contributed by atoms with Crippen molar-refractivity contribution in [2.24, 2.45) is 10.2 Å². The van der Waals surface area contributed by atoms with E-state index in [0.717, 1.165) is 34.7 Å². The molecule has 0 aliphatic carbocycles. The quantitative estimate of drug-likeness (QED) is 0.0312. The van der Waals surface area contributed by atoms with E-state index < -0.39 is 46.3 Å². The average Bonchev–Trinajstić information content (AvgIpc) is 3.19. The summed E-state index contributed by atoms with van der Waals surface area (Å²) in [4.78, 5) is 25.6. The van der Waals surface area contributed by atoms with Crippen molar-refractivity contribution < 1.29 is 49.7 Å². The first-order chi connectivity index (χ1) is 30.2. The van der Waals surface area contributed by atoms with Crippen LogP contribution in [0.5, 0.6) is 46.0 Å². The molecule has 0 bridgehead atoms. The number of aryl methyl sites for hydroxylation is 6. The molecular weight excluding hydrogens is 817 g/mol. The number of amides is 2. The zero-order valence-corrected chi connectivity index (χ0v) is 37.6. The monoisotopic (exact) mass is 870 g/mol. The lowest BCUT2D eigenvalue weighted by molar-refractivity contribution is -0.123. The zero-order valence-electron chi connectivity index (χ0n) is 37.6. The molecule has 6 rings (SSSR count). The molecule has 0 spiro atoms. The van der Waals surface area contributed by atoms with Crippen LogP contribution in [0.25, 0.3) is 32.7 Å². The Morgan fingerprint density at radius 2 is 0.844 bits per heavy atom. The van der Waals surface area contributed by atoms with Gasteiger partial charge in [0.1, 0.15) is 23.0 Å². The number of hydrazone groups is 2. The lowest BCUT2D eigenvalue weighted by Gasteiger charge is -2.23. The largest absolute Gasteiger partial charge is 0.507 e. The van der Waals surface area contributed by atoms with Gasteiger partial charge in [-0.3, -0.25) is 9.59 Å². The highest BCUT2D eigenvalue weighted by Crippen LogP contribution is 2.54. The van der Waals surface area contributed by atoms with Crippen LogP contribution in [-0.4, -0.2) is 68.1 Å². The first kappa shape index (κ1) is 46.0. The fourth-order valence-corrected chi connectivity index (χ4v) is 8.36. The second-order valence-corrected chi connectivity index (χ2v) is 16.8. The molecule has 0 fully saturated rings. The third-order valence-corrected chi connectivity index (χ3v) is 10.9. The maximum Gasteiger partial charge on any atom is 0.277 e. The van der Waals surface area contributed by atoms with Crippen LogP contribution >= 0.6 is 0 Å². The minimum atomic E-state index is -0.612. The highest BCUT2D eigenvalue weighted by atomic mass is 16.5. The van der Waals surface area contributed by atoms with Gasteiger partial charge in [-0.2, -0.15) is 10.2 Å². The maximum atomic E-state index is 12.8. The summed E-state index contributed by atoms with van der Waals surface area (Å²) in [5.41, 5.74) is 10.2. The van der Waals surface area contributed by atoms with E-state index in [-0.39, 0.29) is 58.1 Å². The molecule has 14 heteroatoms. The standard InChI is InChI=1S/C50H54N4O10/c1-23(2)39-33-17-29(9)41(47(59)43(33)35(45(57)49(39)61)19-51-53-37(55)21-63-31-13-25(5)11-26(6)14-31)42-30(10)18-34-40(24(3)4)50(62)46(58)36(44(34)48(42)60)20-52-54-38(56)22-64-32-15-27(7)12-28(8)16-32/h11-20,23-24,57-62H,21-22H2,1-10H3,(H,53,55)(H,54,56). The number of phenols is 6. The van der Waals surface area contributed by atoms with Gasteiger partial charge in [0.2, 0.25) is 0 Å². The van der Waals surface area contributed by atoms with Crippen molar-refractivity contribution in [1.82, 2.24) is 10.9 Å². The molecule has 6 aromatic carbocycles. The summed E-state index contributed by atoms with van der Waals surface area (Å²) in [5.74, 6) is -3.77.